The molecule has 1 aromatic carbocycles. The number of halogens is 1. The molecule has 5 heteroatoms. The molecule has 2 heterocycles. The standard InChI is InChI=1S/C24H21ClN2O2/c1-17-12-22(29-16-21-14-26-11-10-23(21)25)13-24(28)27(17)15-20-8-6-19(7-9-20)5-4-18-2-3-18/h6-14,18H,2-3,15-16H2,1H3. The Kier molecular flexibility index (Phi) is 5.69. The first-order valence-corrected chi connectivity index (χ1v) is 9.99. The number of benzene rings is 1. The van der Waals surface area contributed by atoms with Crippen LogP contribution in [-0.2, 0) is 13.2 Å². The average Bonchev–Trinajstić information content (AvgIpc) is 3.54. The van der Waals surface area contributed by atoms with E-state index >= 15 is 0 Å². The lowest BCUT2D eigenvalue weighted by atomic mass is 10.1. The van der Waals surface area contributed by atoms with Crippen molar-refractivity contribution in [3.63, 3.8) is 0 Å². The summed E-state index contributed by atoms with van der Waals surface area (Å²) in [4.78, 5) is 16.7. The van der Waals surface area contributed by atoms with Gasteiger partial charge in [0.2, 0.25) is 0 Å². The molecule has 29 heavy (non-hydrogen) atoms. The van der Waals surface area contributed by atoms with Gasteiger partial charge in [0.25, 0.3) is 5.56 Å². The van der Waals surface area contributed by atoms with Crippen molar-refractivity contribution in [3.8, 4) is 17.6 Å². The highest BCUT2D eigenvalue weighted by molar-refractivity contribution is 6.31. The molecule has 1 aliphatic carbocycles. The highest BCUT2D eigenvalue weighted by Gasteiger charge is 2.17. The molecule has 1 aliphatic rings. The van der Waals surface area contributed by atoms with E-state index in [1.165, 1.54) is 18.9 Å². The molecule has 1 fully saturated rings. The topological polar surface area (TPSA) is 44.1 Å². The Hall–Kier alpha value is -3.03. The quantitative estimate of drug-likeness (QED) is 0.584. The second kappa shape index (κ2) is 8.55. The van der Waals surface area contributed by atoms with Gasteiger partial charge in [-0.1, -0.05) is 35.6 Å². The van der Waals surface area contributed by atoms with Crippen molar-refractivity contribution in [1.29, 1.82) is 0 Å². The zero-order valence-corrected chi connectivity index (χ0v) is 16.9. The van der Waals surface area contributed by atoms with Gasteiger partial charge in [-0.3, -0.25) is 9.78 Å². The molecule has 4 rings (SSSR count). The van der Waals surface area contributed by atoms with Crippen molar-refractivity contribution < 1.29 is 4.74 Å². The van der Waals surface area contributed by atoms with E-state index in [9.17, 15) is 4.79 Å². The maximum absolute atomic E-state index is 12.6. The van der Waals surface area contributed by atoms with Crippen molar-refractivity contribution in [2.24, 2.45) is 5.92 Å². The molecule has 2 aromatic heterocycles. The van der Waals surface area contributed by atoms with Crippen LogP contribution in [0.2, 0.25) is 5.02 Å². The molecule has 0 radical (unpaired) electrons. The van der Waals surface area contributed by atoms with Crippen LogP contribution in [0.4, 0.5) is 0 Å². The second-order valence-electron chi connectivity index (χ2n) is 7.25. The van der Waals surface area contributed by atoms with Crippen LogP contribution in [0.1, 0.15) is 35.2 Å². The minimum absolute atomic E-state index is 0.102. The molecule has 3 aromatic rings. The summed E-state index contributed by atoms with van der Waals surface area (Å²) in [6, 6.07) is 13.2. The summed E-state index contributed by atoms with van der Waals surface area (Å²) >= 11 is 6.12. The summed E-state index contributed by atoms with van der Waals surface area (Å²) in [5.41, 5.74) is 3.59. The van der Waals surface area contributed by atoms with Crippen molar-refractivity contribution in [2.45, 2.75) is 32.9 Å². The summed E-state index contributed by atoms with van der Waals surface area (Å²) in [5, 5.41) is 0.593. The van der Waals surface area contributed by atoms with E-state index in [0.29, 0.717) is 23.2 Å². The summed E-state index contributed by atoms with van der Waals surface area (Å²) in [5.74, 6) is 7.58. The summed E-state index contributed by atoms with van der Waals surface area (Å²) in [7, 11) is 0. The smallest absolute Gasteiger partial charge is 0.254 e. The van der Waals surface area contributed by atoms with Gasteiger partial charge >= 0.3 is 0 Å². The van der Waals surface area contributed by atoms with Gasteiger partial charge in [0, 0.05) is 41.2 Å². The number of hydrogen-bond acceptors (Lipinski definition) is 3. The van der Waals surface area contributed by atoms with Crippen LogP contribution in [0.15, 0.2) is 59.7 Å². The van der Waals surface area contributed by atoms with E-state index in [1.807, 2.05) is 37.3 Å². The minimum Gasteiger partial charge on any atom is -0.489 e. The van der Waals surface area contributed by atoms with E-state index in [0.717, 1.165) is 22.4 Å². The van der Waals surface area contributed by atoms with Gasteiger partial charge in [-0.05, 0) is 49.6 Å². The molecule has 0 saturated heterocycles. The van der Waals surface area contributed by atoms with Gasteiger partial charge in [-0.15, -0.1) is 0 Å². The molecule has 0 N–H and O–H groups in total. The molecule has 0 spiro atoms. The van der Waals surface area contributed by atoms with Gasteiger partial charge in [0.1, 0.15) is 12.4 Å². The lowest BCUT2D eigenvalue weighted by Crippen LogP contribution is -2.22. The largest absolute Gasteiger partial charge is 0.489 e. The van der Waals surface area contributed by atoms with E-state index in [4.69, 9.17) is 16.3 Å². The normalized spacial score (nSPS) is 12.9. The SMILES string of the molecule is Cc1cc(OCc2cnccc2Cl)cc(=O)n1Cc1ccc(C#CC2CC2)cc1. The van der Waals surface area contributed by atoms with Crippen molar-refractivity contribution >= 4 is 11.6 Å². The highest BCUT2D eigenvalue weighted by Crippen LogP contribution is 2.27. The fourth-order valence-corrected chi connectivity index (χ4v) is 3.11. The number of nitrogens with zero attached hydrogens (tertiary/aromatic N) is 2. The number of ether oxygens (including phenoxy) is 1. The van der Waals surface area contributed by atoms with Gasteiger partial charge in [0.05, 0.1) is 11.6 Å². The van der Waals surface area contributed by atoms with E-state index < -0.39 is 0 Å². The molecule has 0 unspecified atom stereocenters. The van der Waals surface area contributed by atoms with Gasteiger partial charge in [0.15, 0.2) is 0 Å². The Bertz CT molecular complexity index is 1140. The second-order valence-corrected chi connectivity index (χ2v) is 7.66. The Balaban J connectivity index is 1.45. The van der Waals surface area contributed by atoms with Crippen LogP contribution in [0.3, 0.4) is 0 Å². The fraction of sp³-hybridized carbons (Fsp3) is 0.250. The van der Waals surface area contributed by atoms with Crippen molar-refractivity contribution in [3.05, 3.63) is 92.6 Å². The van der Waals surface area contributed by atoms with Crippen molar-refractivity contribution in [2.75, 3.05) is 0 Å². The Morgan fingerprint density at radius 2 is 2.00 bits per heavy atom. The maximum atomic E-state index is 12.6. The van der Waals surface area contributed by atoms with Crippen LogP contribution in [0.25, 0.3) is 0 Å². The molecular weight excluding hydrogens is 384 g/mol. The summed E-state index contributed by atoms with van der Waals surface area (Å²) in [6.45, 7) is 2.68. The number of aromatic nitrogens is 2. The lowest BCUT2D eigenvalue weighted by molar-refractivity contribution is 0.304. The molecule has 0 aliphatic heterocycles. The Morgan fingerprint density at radius 1 is 1.21 bits per heavy atom. The molecule has 0 bridgehead atoms. The predicted molar refractivity (Wildman–Crippen MR) is 114 cm³/mol. The number of hydrogen-bond donors (Lipinski definition) is 0. The zero-order valence-electron chi connectivity index (χ0n) is 16.2. The van der Waals surface area contributed by atoms with E-state index in [1.54, 1.807) is 23.0 Å². The third-order valence-electron chi connectivity index (χ3n) is 4.84. The first-order chi connectivity index (χ1) is 14.1. The van der Waals surface area contributed by atoms with Crippen LogP contribution in [-0.4, -0.2) is 9.55 Å². The van der Waals surface area contributed by atoms with Crippen molar-refractivity contribution in [1.82, 2.24) is 9.55 Å². The first-order valence-electron chi connectivity index (χ1n) is 9.61. The molecular formula is C24H21ClN2O2. The third-order valence-corrected chi connectivity index (χ3v) is 5.21. The van der Waals surface area contributed by atoms with Crippen LogP contribution in [0.5, 0.6) is 5.75 Å². The summed E-state index contributed by atoms with van der Waals surface area (Å²) in [6.07, 6.45) is 5.74. The molecule has 1 saturated carbocycles. The first kappa shape index (κ1) is 19.3. The lowest BCUT2D eigenvalue weighted by Gasteiger charge is -2.13. The number of aryl methyl sites for hydroxylation is 1. The number of pyridine rings is 2. The molecule has 146 valence electrons. The van der Waals surface area contributed by atoms with E-state index in [2.05, 4.69) is 16.8 Å². The molecule has 0 atom stereocenters. The molecule has 0 amide bonds. The van der Waals surface area contributed by atoms with Crippen LogP contribution in [0, 0.1) is 24.7 Å². The maximum Gasteiger partial charge on any atom is 0.254 e. The van der Waals surface area contributed by atoms with Gasteiger partial charge in [-0.25, -0.2) is 0 Å². The fourth-order valence-electron chi connectivity index (χ4n) is 2.95. The minimum atomic E-state index is -0.102. The van der Waals surface area contributed by atoms with Crippen LogP contribution >= 0.6 is 11.6 Å². The number of rotatable bonds is 5. The Morgan fingerprint density at radius 3 is 2.69 bits per heavy atom. The average molecular weight is 405 g/mol. The molecule has 4 nitrogen and oxygen atoms in total. The van der Waals surface area contributed by atoms with Gasteiger partial charge in [-0.2, -0.15) is 0 Å². The zero-order chi connectivity index (χ0) is 20.2. The summed E-state index contributed by atoms with van der Waals surface area (Å²) < 4.78 is 7.48. The monoisotopic (exact) mass is 404 g/mol. The van der Waals surface area contributed by atoms with Crippen LogP contribution < -0.4 is 10.3 Å². The highest BCUT2D eigenvalue weighted by atomic mass is 35.5. The van der Waals surface area contributed by atoms with E-state index in [-0.39, 0.29) is 12.2 Å². The Labute approximate surface area is 175 Å². The third kappa shape index (κ3) is 5.07. The van der Waals surface area contributed by atoms with Gasteiger partial charge < -0.3 is 9.30 Å². The predicted octanol–water partition coefficient (Wildman–Crippen LogP) is 4.59.